The van der Waals surface area contributed by atoms with Crippen molar-refractivity contribution in [2.75, 3.05) is 6.54 Å². The second-order valence-corrected chi connectivity index (χ2v) is 8.60. The second-order valence-electron chi connectivity index (χ2n) is 6.28. The number of rotatable bonds is 7. The monoisotopic (exact) mass is 347 g/mol. The lowest BCUT2D eigenvalue weighted by Crippen LogP contribution is -2.33. The summed E-state index contributed by atoms with van der Waals surface area (Å²) in [6.07, 6.45) is 0. The van der Waals surface area contributed by atoms with Crippen LogP contribution in [0.5, 0.6) is 0 Å². The van der Waals surface area contributed by atoms with E-state index in [2.05, 4.69) is 4.72 Å². The molecular formula is C19H25NO3S. The van der Waals surface area contributed by atoms with E-state index >= 15 is 0 Å². The molecule has 0 aliphatic carbocycles. The van der Waals surface area contributed by atoms with Crippen LogP contribution >= 0.6 is 0 Å². The third kappa shape index (κ3) is 4.44. The van der Waals surface area contributed by atoms with Crippen LogP contribution < -0.4 is 4.72 Å². The van der Waals surface area contributed by atoms with Crippen LogP contribution in [-0.4, -0.2) is 25.3 Å². The fourth-order valence-corrected chi connectivity index (χ4v) is 3.27. The molecule has 0 heterocycles. The van der Waals surface area contributed by atoms with Crippen LogP contribution in [-0.2, 0) is 16.6 Å². The molecule has 24 heavy (non-hydrogen) atoms. The van der Waals surface area contributed by atoms with E-state index in [-0.39, 0.29) is 12.5 Å². The van der Waals surface area contributed by atoms with E-state index in [1.54, 1.807) is 13.8 Å². The van der Waals surface area contributed by atoms with Gasteiger partial charge in [0.15, 0.2) is 0 Å². The summed E-state index contributed by atoms with van der Waals surface area (Å²) in [7, 11) is -3.24. The van der Waals surface area contributed by atoms with Crippen molar-refractivity contribution in [1.82, 2.24) is 4.72 Å². The number of hydrogen-bond donors (Lipinski definition) is 2. The minimum atomic E-state index is -3.24. The highest BCUT2D eigenvalue weighted by molar-refractivity contribution is 7.90. The van der Waals surface area contributed by atoms with Gasteiger partial charge in [-0.25, -0.2) is 13.1 Å². The van der Waals surface area contributed by atoms with E-state index in [0.29, 0.717) is 6.54 Å². The van der Waals surface area contributed by atoms with Gasteiger partial charge in [-0.05, 0) is 42.0 Å². The molecule has 2 N–H and O–H groups in total. The molecule has 5 heteroatoms. The van der Waals surface area contributed by atoms with E-state index in [1.807, 2.05) is 55.5 Å². The van der Waals surface area contributed by atoms with Crippen LogP contribution in [0.2, 0.25) is 0 Å². The standard InChI is InChI=1S/C19H25NO3S/c1-14(2)24(22,23)20-12-15(3)16-8-10-17(11-9-16)19-7-5-4-6-18(19)13-21/h4-11,14-15,20-21H,12-13H2,1-3H3. The summed E-state index contributed by atoms with van der Waals surface area (Å²) in [5.74, 6) is 0.0839. The first-order valence-electron chi connectivity index (χ1n) is 8.12. The minimum Gasteiger partial charge on any atom is -0.392 e. The third-order valence-corrected chi connectivity index (χ3v) is 6.00. The molecule has 0 aromatic heterocycles. The molecule has 0 fully saturated rings. The zero-order valence-corrected chi connectivity index (χ0v) is 15.2. The predicted molar refractivity (Wildman–Crippen MR) is 98.3 cm³/mol. The molecule has 0 aliphatic heterocycles. The third-order valence-electron chi connectivity index (χ3n) is 4.19. The van der Waals surface area contributed by atoms with Crippen molar-refractivity contribution < 1.29 is 13.5 Å². The van der Waals surface area contributed by atoms with E-state index in [0.717, 1.165) is 22.3 Å². The van der Waals surface area contributed by atoms with Crippen LogP contribution in [0.1, 0.15) is 37.8 Å². The normalized spacial score (nSPS) is 13.2. The first kappa shape index (κ1) is 18.6. The number of aliphatic hydroxyl groups is 1. The Bertz CT molecular complexity index is 767. The van der Waals surface area contributed by atoms with Crippen LogP contribution in [0, 0.1) is 0 Å². The van der Waals surface area contributed by atoms with Gasteiger partial charge in [-0.15, -0.1) is 0 Å². The fraction of sp³-hybridized carbons (Fsp3) is 0.368. The average Bonchev–Trinajstić information content (AvgIpc) is 2.59. The van der Waals surface area contributed by atoms with Crippen LogP contribution in [0.3, 0.4) is 0 Å². The van der Waals surface area contributed by atoms with Gasteiger partial charge in [0.2, 0.25) is 10.0 Å². The molecule has 0 bridgehead atoms. The lowest BCUT2D eigenvalue weighted by atomic mass is 9.95. The lowest BCUT2D eigenvalue weighted by Gasteiger charge is -2.16. The summed E-state index contributed by atoms with van der Waals surface area (Å²) in [5, 5.41) is 9.02. The highest BCUT2D eigenvalue weighted by Gasteiger charge is 2.17. The highest BCUT2D eigenvalue weighted by Crippen LogP contribution is 2.26. The maximum atomic E-state index is 11.8. The molecular weight excluding hydrogens is 322 g/mol. The van der Waals surface area contributed by atoms with Gasteiger partial charge in [0.1, 0.15) is 0 Å². The maximum Gasteiger partial charge on any atom is 0.213 e. The Kier molecular flexibility index (Phi) is 6.15. The van der Waals surface area contributed by atoms with Crippen molar-refractivity contribution >= 4 is 10.0 Å². The largest absolute Gasteiger partial charge is 0.392 e. The summed E-state index contributed by atoms with van der Waals surface area (Å²) in [6.45, 7) is 5.72. The fourth-order valence-electron chi connectivity index (χ4n) is 2.46. The molecule has 0 saturated heterocycles. The molecule has 0 aliphatic rings. The van der Waals surface area contributed by atoms with Gasteiger partial charge >= 0.3 is 0 Å². The zero-order chi connectivity index (χ0) is 17.7. The lowest BCUT2D eigenvalue weighted by molar-refractivity contribution is 0.282. The molecule has 2 aromatic carbocycles. The zero-order valence-electron chi connectivity index (χ0n) is 14.4. The van der Waals surface area contributed by atoms with Gasteiger partial charge < -0.3 is 5.11 Å². The summed E-state index contributed by atoms with van der Waals surface area (Å²) in [6, 6.07) is 15.8. The van der Waals surface area contributed by atoms with Crippen molar-refractivity contribution in [3.05, 3.63) is 59.7 Å². The quantitative estimate of drug-likeness (QED) is 0.808. The summed E-state index contributed by atoms with van der Waals surface area (Å²) >= 11 is 0. The predicted octanol–water partition coefficient (Wildman–Crippen LogP) is 3.28. The molecule has 0 amide bonds. The van der Waals surface area contributed by atoms with Crippen LogP contribution in [0.25, 0.3) is 11.1 Å². The van der Waals surface area contributed by atoms with Crippen molar-refractivity contribution in [3.8, 4) is 11.1 Å². The minimum absolute atomic E-state index is 0.00527. The van der Waals surface area contributed by atoms with Crippen molar-refractivity contribution in [2.24, 2.45) is 0 Å². The number of benzene rings is 2. The number of aliphatic hydroxyl groups excluding tert-OH is 1. The first-order chi connectivity index (χ1) is 11.3. The molecule has 0 radical (unpaired) electrons. The van der Waals surface area contributed by atoms with Gasteiger partial charge in [-0.1, -0.05) is 55.5 Å². The Morgan fingerprint density at radius 2 is 1.62 bits per heavy atom. The molecule has 2 aromatic rings. The second kappa shape index (κ2) is 7.92. The number of nitrogens with one attached hydrogen (secondary N) is 1. The highest BCUT2D eigenvalue weighted by atomic mass is 32.2. The summed E-state index contributed by atoms with van der Waals surface area (Å²) in [4.78, 5) is 0. The Hall–Kier alpha value is -1.69. The van der Waals surface area contributed by atoms with E-state index < -0.39 is 15.3 Å². The van der Waals surface area contributed by atoms with Crippen LogP contribution in [0.15, 0.2) is 48.5 Å². The van der Waals surface area contributed by atoms with Crippen molar-refractivity contribution in [3.63, 3.8) is 0 Å². The Morgan fingerprint density at radius 3 is 2.21 bits per heavy atom. The Balaban J connectivity index is 2.12. The van der Waals surface area contributed by atoms with Gasteiger partial charge in [-0.3, -0.25) is 0 Å². The summed E-state index contributed by atoms with van der Waals surface area (Å²) < 4.78 is 26.3. The Morgan fingerprint density at radius 1 is 1.00 bits per heavy atom. The van der Waals surface area contributed by atoms with Gasteiger partial charge in [0.05, 0.1) is 11.9 Å². The topological polar surface area (TPSA) is 66.4 Å². The Labute approximate surface area is 144 Å². The smallest absolute Gasteiger partial charge is 0.213 e. The van der Waals surface area contributed by atoms with E-state index in [9.17, 15) is 13.5 Å². The molecule has 130 valence electrons. The van der Waals surface area contributed by atoms with Gasteiger partial charge in [-0.2, -0.15) is 0 Å². The van der Waals surface area contributed by atoms with Crippen molar-refractivity contribution in [1.29, 1.82) is 0 Å². The molecule has 0 spiro atoms. The molecule has 1 unspecified atom stereocenters. The molecule has 2 rings (SSSR count). The van der Waals surface area contributed by atoms with Crippen molar-refractivity contribution in [2.45, 2.75) is 38.5 Å². The van der Waals surface area contributed by atoms with Gasteiger partial charge in [0.25, 0.3) is 0 Å². The van der Waals surface area contributed by atoms with Gasteiger partial charge in [0, 0.05) is 6.54 Å². The number of sulfonamides is 1. The molecule has 0 saturated carbocycles. The molecule has 4 nitrogen and oxygen atoms in total. The SMILES string of the molecule is CC(CNS(=O)(=O)C(C)C)c1ccc(-c2ccccc2CO)cc1. The van der Waals surface area contributed by atoms with E-state index in [4.69, 9.17) is 0 Å². The number of hydrogen-bond acceptors (Lipinski definition) is 3. The van der Waals surface area contributed by atoms with E-state index in [1.165, 1.54) is 0 Å². The maximum absolute atomic E-state index is 11.8. The summed E-state index contributed by atoms with van der Waals surface area (Å²) in [5.41, 5.74) is 4.02. The first-order valence-corrected chi connectivity index (χ1v) is 9.67. The molecule has 1 atom stereocenters. The average molecular weight is 347 g/mol. The van der Waals surface area contributed by atoms with Crippen LogP contribution in [0.4, 0.5) is 0 Å².